The van der Waals surface area contributed by atoms with Gasteiger partial charge >= 0.3 is 0 Å². The summed E-state index contributed by atoms with van der Waals surface area (Å²) in [5, 5.41) is 3.32. The predicted molar refractivity (Wildman–Crippen MR) is 140 cm³/mol. The topological polar surface area (TPSA) is 76.5 Å². The molecule has 2 heterocycles. The lowest BCUT2D eigenvalue weighted by Gasteiger charge is -2.44. The number of hydrogen-bond donors (Lipinski definition) is 1. The number of carbonyl (C=O) groups is 2. The van der Waals surface area contributed by atoms with Gasteiger partial charge in [0.25, 0.3) is 5.91 Å². The van der Waals surface area contributed by atoms with E-state index in [0.717, 1.165) is 48.0 Å². The number of carbonyl (C=O) groups excluding carboxylic acids is 2. The van der Waals surface area contributed by atoms with Crippen LogP contribution in [0.2, 0.25) is 0 Å². The minimum Gasteiger partial charge on any atom is -0.491 e. The number of benzene rings is 2. The molecule has 1 aromatic heterocycles. The maximum atomic E-state index is 13.9. The molecule has 1 atom stereocenters. The highest BCUT2D eigenvalue weighted by Gasteiger charge is 2.48. The van der Waals surface area contributed by atoms with Gasteiger partial charge in [0, 0.05) is 12.6 Å². The van der Waals surface area contributed by atoms with Crippen LogP contribution in [-0.4, -0.2) is 44.0 Å². The molecule has 1 aliphatic carbocycles. The Morgan fingerprint density at radius 1 is 1.08 bits per heavy atom. The third-order valence-corrected chi connectivity index (χ3v) is 7.47. The Kier molecular flexibility index (Phi) is 6.73. The summed E-state index contributed by atoms with van der Waals surface area (Å²) in [4.78, 5) is 34.2. The third-order valence-electron chi connectivity index (χ3n) is 7.47. The lowest BCUT2D eigenvalue weighted by Crippen LogP contribution is -2.64. The van der Waals surface area contributed by atoms with Crippen LogP contribution in [0.25, 0.3) is 11.0 Å². The van der Waals surface area contributed by atoms with Gasteiger partial charge in [0.1, 0.15) is 11.3 Å². The number of imidazole rings is 1. The molecule has 0 radical (unpaired) electrons. The van der Waals surface area contributed by atoms with Crippen molar-refractivity contribution >= 4 is 22.8 Å². The lowest BCUT2D eigenvalue weighted by atomic mass is 9.93. The Bertz CT molecular complexity index is 1240. The summed E-state index contributed by atoms with van der Waals surface area (Å²) >= 11 is 0. The van der Waals surface area contributed by atoms with E-state index < -0.39 is 5.54 Å². The van der Waals surface area contributed by atoms with Crippen molar-refractivity contribution in [3.63, 3.8) is 0 Å². The summed E-state index contributed by atoms with van der Waals surface area (Å²) in [7, 11) is 0. The van der Waals surface area contributed by atoms with Crippen molar-refractivity contribution in [2.45, 2.75) is 90.1 Å². The average Bonchev–Trinajstić information content (AvgIpc) is 3.02. The van der Waals surface area contributed by atoms with E-state index in [1.54, 1.807) is 4.90 Å². The molecule has 1 fully saturated rings. The van der Waals surface area contributed by atoms with E-state index in [-0.39, 0.29) is 24.0 Å². The molecule has 190 valence electrons. The van der Waals surface area contributed by atoms with E-state index >= 15 is 0 Å². The van der Waals surface area contributed by atoms with Gasteiger partial charge in [-0.2, -0.15) is 0 Å². The van der Waals surface area contributed by atoms with Crippen molar-refractivity contribution in [2.24, 2.45) is 0 Å². The van der Waals surface area contributed by atoms with Gasteiger partial charge in [-0.1, -0.05) is 49.9 Å². The van der Waals surface area contributed by atoms with Crippen molar-refractivity contribution in [3.05, 3.63) is 59.9 Å². The Morgan fingerprint density at radius 2 is 1.78 bits per heavy atom. The number of ether oxygens (including phenoxy) is 1. The molecule has 2 amide bonds. The number of nitrogens with zero attached hydrogens (tertiary/aromatic N) is 3. The van der Waals surface area contributed by atoms with E-state index in [4.69, 9.17) is 4.74 Å². The summed E-state index contributed by atoms with van der Waals surface area (Å²) in [6, 6.07) is 15.7. The van der Waals surface area contributed by atoms with Gasteiger partial charge in [-0.25, -0.2) is 4.98 Å². The number of rotatable bonds is 6. The molecule has 2 aliphatic rings. The Labute approximate surface area is 212 Å². The Hall–Kier alpha value is -3.35. The fraction of sp³-hybridized carbons (Fsp3) is 0.483. The third kappa shape index (κ3) is 4.71. The Morgan fingerprint density at radius 3 is 2.47 bits per heavy atom. The van der Waals surface area contributed by atoms with E-state index in [1.165, 1.54) is 12.8 Å². The predicted octanol–water partition coefficient (Wildman–Crippen LogP) is 5.08. The minimum atomic E-state index is -1.05. The van der Waals surface area contributed by atoms with Gasteiger partial charge in [0.15, 0.2) is 5.82 Å². The number of nitrogens with one attached hydrogen (secondary N) is 1. The van der Waals surface area contributed by atoms with Crippen LogP contribution in [0.1, 0.15) is 75.5 Å². The van der Waals surface area contributed by atoms with Crippen LogP contribution in [0.5, 0.6) is 5.75 Å². The maximum Gasteiger partial charge on any atom is 0.291 e. The second-order valence-electron chi connectivity index (χ2n) is 10.6. The highest BCUT2D eigenvalue weighted by molar-refractivity contribution is 6.01. The van der Waals surface area contributed by atoms with E-state index in [9.17, 15) is 9.59 Å². The maximum absolute atomic E-state index is 13.9. The fourth-order valence-electron chi connectivity index (χ4n) is 5.47. The Balaban J connectivity index is 1.49. The molecular formula is C29H36N4O3. The number of hydrogen-bond acceptors (Lipinski definition) is 4. The zero-order valence-corrected chi connectivity index (χ0v) is 21.5. The summed E-state index contributed by atoms with van der Waals surface area (Å²) in [5.74, 6) is 0.856. The first-order chi connectivity index (χ1) is 17.3. The second kappa shape index (κ2) is 9.96. The van der Waals surface area contributed by atoms with Gasteiger partial charge in [-0.3, -0.25) is 9.59 Å². The molecule has 0 bridgehead atoms. The molecule has 3 aromatic rings. The molecule has 1 unspecified atom stereocenters. The first kappa shape index (κ1) is 24.3. The average molecular weight is 489 g/mol. The molecule has 1 saturated carbocycles. The van der Waals surface area contributed by atoms with E-state index in [2.05, 4.69) is 10.3 Å². The van der Waals surface area contributed by atoms with Crippen LogP contribution in [0.4, 0.5) is 0 Å². The van der Waals surface area contributed by atoms with Gasteiger partial charge < -0.3 is 19.5 Å². The number of fused-ring (bicyclic) bond motifs is 3. The smallest absolute Gasteiger partial charge is 0.291 e. The molecule has 1 N–H and O–H groups in total. The standard InChI is InChI=1S/C29H36N4O3/c1-20(2)36-23-16-14-21(15-17-23)18-33-27(34)26-31-24-12-8-9-13-25(24)32(26)19-29(33,3)28(35)30-22-10-6-4-5-7-11-22/h8-9,12-17,20,22H,4-7,10-11,18-19H2,1-3H3,(H,30,35). The van der Waals surface area contributed by atoms with Crippen LogP contribution >= 0.6 is 0 Å². The number of para-hydroxylation sites is 2. The van der Waals surface area contributed by atoms with E-state index in [0.29, 0.717) is 18.9 Å². The molecule has 1 aliphatic heterocycles. The van der Waals surface area contributed by atoms with Gasteiger partial charge in [0.05, 0.1) is 23.7 Å². The van der Waals surface area contributed by atoms with Crippen LogP contribution in [0, 0.1) is 0 Å². The van der Waals surface area contributed by atoms with Crippen LogP contribution in [-0.2, 0) is 17.9 Å². The highest BCUT2D eigenvalue weighted by atomic mass is 16.5. The molecule has 0 saturated heterocycles. The zero-order chi connectivity index (χ0) is 25.3. The summed E-state index contributed by atoms with van der Waals surface area (Å²) < 4.78 is 7.69. The molecule has 36 heavy (non-hydrogen) atoms. The number of amides is 2. The monoisotopic (exact) mass is 488 g/mol. The molecule has 2 aromatic carbocycles. The normalized spacial score (nSPS) is 20.9. The van der Waals surface area contributed by atoms with Crippen molar-refractivity contribution in [1.82, 2.24) is 19.8 Å². The van der Waals surface area contributed by atoms with Crippen molar-refractivity contribution in [1.29, 1.82) is 0 Å². The van der Waals surface area contributed by atoms with Gasteiger partial charge in [-0.05, 0) is 63.4 Å². The molecule has 5 rings (SSSR count). The first-order valence-corrected chi connectivity index (χ1v) is 13.2. The lowest BCUT2D eigenvalue weighted by molar-refractivity contribution is -0.134. The van der Waals surface area contributed by atoms with Crippen molar-refractivity contribution in [3.8, 4) is 5.75 Å². The summed E-state index contributed by atoms with van der Waals surface area (Å²) in [6.45, 7) is 6.56. The molecule has 0 spiro atoms. The van der Waals surface area contributed by atoms with Gasteiger partial charge in [-0.15, -0.1) is 0 Å². The summed E-state index contributed by atoms with van der Waals surface area (Å²) in [6.07, 6.45) is 6.77. The second-order valence-corrected chi connectivity index (χ2v) is 10.6. The highest BCUT2D eigenvalue weighted by Crippen LogP contribution is 2.33. The largest absolute Gasteiger partial charge is 0.491 e. The van der Waals surface area contributed by atoms with E-state index in [1.807, 2.05) is 73.9 Å². The van der Waals surface area contributed by atoms with Crippen LogP contribution in [0.15, 0.2) is 48.5 Å². The molecule has 7 heteroatoms. The summed E-state index contributed by atoms with van der Waals surface area (Å²) in [5.41, 5.74) is 1.54. The molecular weight excluding hydrogens is 452 g/mol. The van der Waals surface area contributed by atoms with Crippen LogP contribution in [0.3, 0.4) is 0 Å². The van der Waals surface area contributed by atoms with Crippen molar-refractivity contribution < 1.29 is 14.3 Å². The fourth-order valence-corrected chi connectivity index (χ4v) is 5.47. The quantitative estimate of drug-likeness (QED) is 0.491. The number of aromatic nitrogens is 2. The SMILES string of the molecule is CC(C)Oc1ccc(CN2C(=O)c3nc4ccccc4n3CC2(C)C(=O)NC2CCCCCC2)cc1. The minimum absolute atomic E-state index is 0.0866. The van der Waals surface area contributed by atoms with Crippen LogP contribution < -0.4 is 10.1 Å². The molecule has 7 nitrogen and oxygen atoms in total. The van der Waals surface area contributed by atoms with Gasteiger partial charge in [0.2, 0.25) is 5.91 Å². The first-order valence-electron chi connectivity index (χ1n) is 13.2. The zero-order valence-electron chi connectivity index (χ0n) is 21.5. The van der Waals surface area contributed by atoms with Crippen molar-refractivity contribution in [2.75, 3.05) is 0 Å².